The van der Waals surface area contributed by atoms with Crippen molar-refractivity contribution in [3.8, 4) is 16.9 Å². The molecular formula is C26H30N4O. The largest absolute Gasteiger partial charge is 0.339 e. The number of carbonyl (C=O) groups is 1. The molecule has 0 bridgehead atoms. The van der Waals surface area contributed by atoms with Gasteiger partial charge >= 0.3 is 0 Å². The van der Waals surface area contributed by atoms with E-state index in [-0.39, 0.29) is 0 Å². The van der Waals surface area contributed by atoms with E-state index in [1.807, 2.05) is 4.68 Å². The van der Waals surface area contributed by atoms with E-state index in [2.05, 4.69) is 78.8 Å². The van der Waals surface area contributed by atoms with Crippen LogP contribution in [0.15, 0.2) is 54.7 Å². The van der Waals surface area contributed by atoms with E-state index in [9.17, 15) is 4.79 Å². The molecule has 2 heterocycles. The Morgan fingerprint density at radius 1 is 1.06 bits per heavy atom. The Labute approximate surface area is 184 Å². The molecule has 0 spiro atoms. The molecule has 2 aromatic carbocycles. The Morgan fingerprint density at radius 2 is 1.87 bits per heavy atom. The molecule has 2 fully saturated rings. The first-order valence-electron chi connectivity index (χ1n) is 11.3. The molecule has 2 aliphatic rings. The van der Waals surface area contributed by atoms with Crippen LogP contribution in [0, 0.1) is 19.8 Å². The zero-order valence-electron chi connectivity index (χ0n) is 18.3. The SMILES string of the molecule is Cc1ccc(-n2cc(CNC[C@@H]3CC(=O)N(C4CC4)C3)c(-c3cccc(C)c3)n2)cc1. The van der Waals surface area contributed by atoms with E-state index in [0.717, 1.165) is 36.6 Å². The number of carbonyl (C=O) groups excluding carboxylic acids is 1. The molecule has 1 saturated heterocycles. The van der Waals surface area contributed by atoms with Gasteiger partial charge in [-0.25, -0.2) is 4.68 Å². The minimum atomic E-state index is 0.335. The third-order valence-electron chi connectivity index (χ3n) is 6.35. The fourth-order valence-electron chi connectivity index (χ4n) is 4.50. The summed E-state index contributed by atoms with van der Waals surface area (Å²) in [7, 11) is 0. The van der Waals surface area contributed by atoms with E-state index in [0.29, 0.717) is 24.3 Å². The molecule has 1 aliphatic heterocycles. The summed E-state index contributed by atoms with van der Waals surface area (Å²) in [5.74, 6) is 0.740. The van der Waals surface area contributed by atoms with Crippen LogP contribution in [0.2, 0.25) is 0 Å². The Balaban J connectivity index is 1.33. The Hall–Kier alpha value is -2.92. The van der Waals surface area contributed by atoms with Crippen LogP contribution in [0.25, 0.3) is 16.9 Å². The van der Waals surface area contributed by atoms with Gasteiger partial charge in [0.05, 0.1) is 11.4 Å². The molecule has 1 saturated carbocycles. The number of nitrogens with zero attached hydrogens (tertiary/aromatic N) is 3. The summed E-state index contributed by atoms with van der Waals surface area (Å²) < 4.78 is 1.97. The molecule has 5 heteroatoms. The average molecular weight is 415 g/mol. The highest BCUT2D eigenvalue weighted by atomic mass is 16.2. The second kappa shape index (κ2) is 8.31. The maximum absolute atomic E-state index is 12.2. The minimum Gasteiger partial charge on any atom is -0.339 e. The summed E-state index contributed by atoms with van der Waals surface area (Å²) in [5, 5.41) is 8.55. The minimum absolute atomic E-state index is 0.335. The lowest BCUT2D eigenvalue weighted by Crippen LogP contribution is -2.29. The summed E-state index contributed by atoms with van der Waals surface area (Å²) in [4.78, 5) is 14.3. The van der Waals surface area contributed by atoms with Crippen molar-refractivity contribution in [3.05, 3.63) is 71.4 Å². The summed E-state index contributed by atoms with van der Waals surface area (Å²) in [6.45, 7) is 6.71. The lowest BCUT2D eigenvalue weighted by molar-refractivity contribution is -0.128. The van der Waals surface area contributed by atoms with Gasteiger partial charge in [0.25, 0.3) is 0 Å². The summed E-state index contributed by atoms with van der Waals surface area (Å²) >= 11 is 0. The molecule has 31 heavy (non-hydrogen) atoms. The molecule has 160 valence electrons. The number of benzene rings is 2. The number of hydrogen-bond acceptors (Lipinski definition) is 3. The van der Waals surface area contributed by atoms with Crippen molar-refractivity contribution in [2.75, 3.05) is 13.1 Å². The highest BCUT2D eigenvalue weighted by Gasteiger charge is 2.38. The van der Waals surface area contributed by atoms with Gasteiger partial charge in [-0.3, -0.25) is 4.79 Å². The number of hydrogen-bond donors (Lipinski definition) is 1. The van der Waals surface area contributed by atoms with Crippen LogP contribution in [0.3, 0.4) is 0 Å². The van der Waals surface area contributed by atoms with Gasteiger partial charge in [0, 0.05) is 49.4 Å². The van der Waals surface area contributed by atoms with Crippen molar-refractivity contribution >= 4 is 5.91 Å². The molecule has 1 N–H and O–H groups in total. The highest BCUT2D eigenvalue weighted by Crippen LogP contribution is 2.32. The molecule has 1 aliphatic carbocycles. The second-order valence-corrected chi connectivity index (χ2v) is 9.13. The van der Waals surface area contributed by atoms with Crippen molar-refractivity contribution in [3.63, 3.8) is 0 Å². The molecule has 1 atom stereocenters. The van der Waals surface area contributed by atoms with Crippen LogP contribution in [-0.2, 0) is 11.3 Å². The van der Waals surface area contributed by atoms with Crippen molar-refractivity contribution in [1.82, 2.24) is 20.0 Å². The van der Waals surface area contributed by atoms with Gasteiger partial charge in [-0.2, -0.15) is 5.10 Å². The van der Waals surface area contributed by atoms with Crippen LogP contribution in [0.1, 0.15) is 36.0 Å². The third-order valence-corrected chi connectivity index (χ3v) is 6.35. The Bertz CT molecular complexity index is 1080. The first-order valence-corrected chi connectivity index (χ1v) is 11.3. The van der Waals surface area contributed by atoms with Gasteiger partial charge < -0.3 is 10.2 Å². The first-order chi connectivity index (χ1) is 15.1. The maximum Gasteiger partial charge on any atom is 0.223 e. The molecular weight excluding hydrogens is 384 g/mol. The topological polar surface area (TPSA) is 50.2 Å². The molecule has 5 rings (SSSR count). The van der Waals surface area contributed by atoms with Crippen LogP contribution < -0.4 is 5.32 Å². The Kier molecular flexibility index (Phi) is 5.36. The number of aromatic nitrogens is 2. The van der Waals surface area contributed by atoms with E-state index < -0.39 is 0 Å². The third kappa shape index (κ3) is 4.42. The molecule has 3 aromatic rings. The molecule has 5 nitrogen and oxygen atoms in total. The highest BCUT2D eigenvalue weighted by molar-refractivity contribution is 5.79. The zero-order valence-corrected chi connectivity index (χ0v) is 18.3. The number of amides is 1. The average Bonchev–Trinajstić information content (AvgIpc) is 3.41. The summed E-state index contributed by atoms with van der Waals surface area (Å²) in [6, 6.07) is 17.5. The van der Waals surface area contributed by atoms with Gasteiger partial charge in [0.2, 0.25) is 5.91 Å². The number of rotatable bonds is 7. The monoisotopic (exact) mass is 414 g/mol. The maximum atomic E-state index is 12.2. The van der Waals surface area contributed by atoms with Crippen LogP contribution >= 0.6 is 0 Å². The summed E-state index contributed by atoms with van der Waals surface area (Å²) in [5.41, 5.74) is 6.85. The molecule has 0 radical (unpaired) electrons. The van der Waals surface area contributed by atoms with Gasteiger partial charge in [-0.15, -0.1) is 0 Å². The van der Waals surface area contributed by atoms with Crippen molar-refractivity contribution in [2.45, 2.75) is 45.7 Å². The second-order valence-electron chi connectivity index (χ2n) is 9.13. The van der Waals surface area contributed by atoms with E-state index >= 15 is 0 Å². The molecule has 1 aromatic heterocycles. The van der Waals surface area contributed by atoms with Crippen LogP contribution in [0.4, 0.5) is 0 Å². The number of likely N-dealkylation sites (tertiary alicyclic amines) is 1. The van der Waals surface area contributed by atoms with Crippen molar-refractivity contribution in [1.29, 1.82) is 0 Å². The number of aryl methyl sites for hydroxylation is 2. The quantitative estimate of drug-likeness (QED) is 0.629. The lowest BCUT2D eigenvalue weighted by Gasteiger charge is -2.15. The number of nitrogens with one attached hydrogen (secondary N) is 1. The molecule has 1 amide bonds. The van der Waals surface area contributed by atoms with E-state index in [1.54, 1.807) is 0 Å². The smallest absolute Gasteiger partial charge is 0.223 e. The van der Waals surface area contributed by atoms with Gasteiger partial charge in [0.1, 0.15) is 0 Å². The van der Waals surface area contributed by atoms with Crippen molar-refractivity contribution in [2.24, 2.45) is 5.92 Å². The molecule has 0 unspecified atom stereocenters. The van der Waals surface area contributed by atoms with Crippen molar-refractivity contribution < 1.29 is 4.79 Å². The fraction of sp³-hybridized carbons (Fsp3) is 0.385. The van der Waals surface area contributed by atoms with Gasteiger partial charge in [0.15, 0.2) is 0 Å². The first kappa shape index (κ1) is 20.0. The van der Waals surface area contributed by atoms with Crippen LogP contribution in [-0.4, -0.2) is 39.7 Å². The standard InChI is InChI=1S/C26H30N4O/c1-18-6-8-24(9-7-18)30-17-22(26(28-30)21-5-3-4-19(2)12-21)15-27-14-20-13-25(31)29(16-20)23-10-11-23/h3-9,12,17,20,23,27H,10-11,13-16H2,1-2H3/t20-/m0/s1. The normalized spacial score (nSPS) is 18.7. The predicted molar refractivity (Wildman–Crippen MR) is 123 cm³/mol. The zero-order chi connectivity index (χ0) is 21.4. The Morgan fingerprint density at radius 3 is 2.61 bits per heavy atom. The fourth-order valence-corrected chi connectivity index (χ4v) is 4.50. The summed E-state index contributed by atoms with van der Waals surface area (Å²) in [6.07, 6.45) is 5.18. The van der Waals surface area contributed by atoms with E-state index in [1.165, 1.54) is 29.5 Å². The van der Waals surface area contributed by atoms with Gasteiger partial charge in [-0.1, -0.05) is 41.5 Å². The van der Waals surface area contributed by atoms with Crippen LogP contribution in [0.5, 0.6) is 0 Å². The van der Waals surface area contributed by atoms with E-state index in [4.69, 9.17) is 5.10 Å². The predicted octanol–water partition coefficient (Wildman–Crippen LogP) is 4.26. The van der Waals surface area contributed by atoms with Gasteiger partial charge in [-0.05, 0) is 50.8 Å². The lowest BCUT2D eigenvalue weighted by atomic mass is 10.1.